The molecule has 1 saturated heterocycles. The van der Waals surface area contributed by atoms with Crippen molar-refractivity contribution in [3.8, 4) is 5.75 Å². The highest BCUT2D eigenvalue weighted by Crippen LogP contribution is 2.20. The molecule has 1 aliphatic heterocycles. The van der Waals surface area contributed by atoms with Crippen molar-refractivity contribution in [1.29, 1.82) is 0 Å². The van der Waals surface area contributed by atoms with Crippen LogP contribution >= 0.6 is 0 Å². The lowest BCUT2D eigenvalue weighted by Crippen LogP contribution is -2.50. The zero-order chi connectivity index (χ0) is 14.5. The van der Waals surface area contributed by atoms with Crippen molar-refractivity contribution in [3.05, 3.63) is 24.3 Å². The molecule has 0 spiro atoms. The number of benzene rings is 1. The summed E-state index contributed by atoms with van der Waals surface area (Å²) in [5.74, 6) is -1.38. The molecule has 1 aliphatic rings. The lowest BCUT2D eigenvalue weighted by molar-refractivity contribution is -0.156. The number of carbonyl (C=O) groups excluding carboxylic acids is 1. The third-order valence-electron chi connectivity index (χ3n) is 3.26. The Morgan fingerprint density at radius 1 is 1.15 bits per heavy atom. The van der Waals surface area contributed by atoms with Crippen LogP contribution in [-0.2, 0) is 9.59 Å². The number of hydrogen-bond acceptors (Lipinski definition) is 4. The van der Waals surface area contributed by atoms with Crippen LogP contribution in [0.15, 0.2) is 24.3 Å². The van der Waals surface area contributed by atoms with Crippen molar-refractivity contribution in [2.24, 2.45) is 0 Å². The van der Waals surface area contributed by atoms with Crippen LogP contribution in [-0.4, -0.2) is 54.7 Å². The number of hydrogen-bond donors (Lipinski definition) is 1. The van der Waals surface area contributed by atoms with Crippen molar-refractivity contribution in [2.75, 3.05) is 37.7 Å². The Kier molecular flexibility index (Phi) is 4.45. The second-order valence-corrected chi connectivity index (χ2v) is 4.51. The van der Waals surface area contributed by atoms with Crippen molar-refractivity contribution in [2.45, 2.75) is 6.92 Å². The van der Waals surface area contributed by atoms with Gasteiger partial charge in [-0.3, -0.25) is 4.79 Å². The Morgan fingerprint density at radius 2 is 1.75 bits per heavy atom. The number of ether oxygens (including phenoxy) is 1. The molecule has 20 heavy (non-hydrogen) atoms. The van der Waals surface area contributed by atoms with Gasteiger partial charge in [0.2, 0.25) is 0 Å². The summed E-state index contributed by atoms with van der Waals surface area (Å²) in [4.78, 5) is 25.5. The third kappa shape index (κ3) is 3.20. The predicted octanol–water partition coefficient (Wildman–Crippen LogP) is 0.818. The van der Waals surface area contributed by atoms with E-state index in [0.717, 1.165) is 11.4 Å². The van der Waals surface area contributed by atoms with Crippen molar-refractivity contribution in [1.82, 2.24) is 4.90 Å². The van der Waals surface area contributed by atoms with Crippen LogP contribution in [0.1, 0.15) is 6.92 Å². The highest BCUT2D eigenvalue weighted by molar-refractivity contribution is 6.31. The van der Waals surface area contributed by atoms with E-state index in [1.807, 2.05) is 31.2 Å². The number of aliphatic carboxylic acids is 1. The number of carboxylic acid groups (broad SMARTS) is 1. The lowest BCUT2D eigenvalue weighted by Gasteiger charge is -2.35. The van der Waals surface area contributed by atoms with Gasteiger partial charge in [-0.25, -0.2) is 4.79 Å². The summed E-state index contributed by atoms with van der Waals surface area (Å²) in [6.07, 6.45) is 0. The Balaban J connectivity index is 1.93. The second kappa shape index (κ2) is 6.27. The maximum Gasteiger partial charge on any atom is 0.394 e. The molecule has 1 heterocycles. The second-order valence-electron chi connectivity index (χ2n) is 4.51. The number of rotatable bonds is 3. The summed E-state index contributed by atoms with van der Waals surface area (Å²) in [5.41, 5.74) is 1.05. The monoisotopic (exact) mass is 278 g/mol. The van der Waals surface area contributed by atoms with Gasteiger partial charge in [0.05, 0.1) is 6.61 Å². The smallest absolute Gasteiger partial charge is 0.394 e. The van der Waals surface area contributed by atoms with E-state index in [1.165, 1.54) is 4.90 Å². The van der Waals surface area contributed by atoms with Crippen molar-refractivity contribution in [3.63, 3.8) is 0 Å². The number of carboxylic acids is 1. The maximum absolute atomic E-state index is 11.3. The topological polar surface area (TPSA) is 70.1 Å². The molecule has 0 saturated carbocycles. The summed E-state index contributed by atoms with van der Waals surface area (Å²) in [5, 5.41) is 8.68. The van der Waals surface area contributed by atoms with E-state index in [-0.39, 0.29) is 0 Å². The minimum Gasteiger partial charge on any atom is -0.494 e. The number of amides is 1. The van der Waals surface area contributed by atoms with Crippen LogP contribution in [0.3, 0.4) is 0 Å². The van der Waals surface area contributed by atoms with E-state index in [9.17, 15) is 9.59 Å². The first-order valence-electron chi connectivity index (χ1n) is 6.62. The molecule has 1 fully saturated rings. The summed E-state index contributed by atoms with van der Waals surface area (Å²) < 4.78 is 5.39. The average molecular weight is 278 g/mol. The number of anilines is 1. The third-order valence-corrected chi connectivity index (χ3v) is 3.26. The largest absolute Gasteiger partial charge is 0.494 e. The van der Waals surface area contributed by atoms with E-state index in [1.54, 1.807) is 0 Å². The molecule has 108 valence electrons. The van der Waals surface area contributed by atoms with Crippen LogP contribution in [0.2, 0.25) is 0 Å². The molecule has 0 atom stereocenters. The zero-order valence-corrected chi connectivity index (χ0v) is 11.4. The molecular formula is C14H18N2O4. The van der Waals surface area contributed by atoms with Gasteiger partial charge in [0.25, 0.3) is 0 Å². The van der Waals surface area contributed by atoms with Gasteiger partial charge >= 0.3 is 11.9 Å². The lowest BCUT2D eigenvalue weighted by atomic mass is 10.2. The molecule has 0 bridgehead atoms. The Bertz CT molecular complexity index is 478. The fourth-order valence-corrected chi connectivity index (χ4v) is 2.22. The molecule has 1 aromatic rings. The first kappa shape index (κ1) is 14.2. The molecule has 1 amide bonds. The fourth-order valence-electron chi connectivity index (χ4n) is 2.22. The number of piperazine rings is 1. The predicted molar refractivity (Wildman–Crippen MR) is 74.0 cm³/mol. The number of nitrogens with zero attached hydrogens (tertiary/aromatic N) is 2. The Hall–Kier alpha value is -2.24. The first-order valence-corrected chi connectivity index (χ1v) is 6.62. The van der Waals surface area contributed by atoms with E-state index in [2.05, 4.69) is 4.90 Å². The van der Waals surface area contributed by atoms with Gasteiger partial charge in [-0.15, -0.1) is 0 Å². The summed E-state index contributed by atoms with van der Waals surface area (Å²) in [6.45, 7) is 4.69. The molecule has 2 rings (SSSR count). The molecule has 1 N–H and O–H groups in total. The van der Waals surface area contributed by atoms with Gasteiger partial charge in [-0.05, 0) is 31.2 Å². The van der Waals surface area contributed by atoms with Crippen LogP contribution in [0.4, 0.5) is 5.69 Å². The van der Waals surface area contributed by atoms with E-state index in [0.29, 0.717) is 32.8 Å². The molecule has 1 aromatic carbocycles. The highest BCUT2D eigenvalue weighted by atomic mass is 16.5. The van der Waals surface area contributed by atoms with E-state index >= 15 is 0 Å². The molecule has 6 heteroatoms. The van der Waals surface area contributed by atoms with Gasteiger partial charge in [-0.1, -0.05) is 0 Å². The van der Waals surface area contributed by atoms with Crippen molar-refractivity contribution >= 4 is 17.6 Å². The van der Waals surface area contributed by atoms with E-state index in [4.69, 9.17) is 9.84 Å². The van der Waals surface area contributed by atoms with Crippen LogP contribution in [0, 0.1) is 0 Å². The fraction of sp³-hybridized carbons (Fsp3) is 0.429. The normalized spacial score (nSPS) is 15.1. The summed E-state index contributed by atoms with van der Waals surface area (Å²) in [6, 6.07) is 7.76. The van der Waals surface area contributed by atoms with Gasteiger partial charge in [0.1, 0.15) is 5.75 Å². The number of carbonyl (C=O) groups is 2. The first-order chi connectivity index (χ1) is 9.61. The van der Waals surface area contributed by atoms with Crippen LogP contribution < -0.4 is 9.64 Å². The SMILES string of the molecule is CCOc1ccc(N2CCN(C(=O)C(=O)O)CC2)cc1. The Labute approximate surface area is 117 Å². The maximum atomic E-state index is 11.3. The van der Waals surface area contributed by atoms with Gasteiger partial charge in [-0.2, -0.15) is 0 Å². The summed E-state index contributed by atoms with van der Waals surface area (Å²) >= 11 is 0. The standard InChI is InChI=1S/C14H18N2O4/c1-2-20-12-5-3-11(4-6-12)15-7-9-16(10-8-15)13(17)14(18)19/h3-6H,2,7-10H2,1H3,(H,18,19). The molecule has 0 radical (unpaired) electrons. The molecule has 0 aromatic heterocycles. The minimum atomic E-state index is -1.39. The minimum absolute atomic E-state index is 0.429. The van der Waals surface area contributed by atoms with Gasteiger partial charge in [0, 0.05) is 31.9 Å². The summed E-state index contributed by atoms with van der Waals surface area (Å²) in [7, 11) is 0. The molecule has 0 unspecified atom stereocenters. The molecule has 6 nitrogen and oxygen atoms in total. The van der Waals surface area contributed by atoms with Crippen molar-refractivity contribution < 1.29 is 19.4 Å². The highest BCUT2D eigenvalue weighted by Gasteiger charge is 2.25. The Morgan fingerprint density at radius 3 is 2.25 bits per heavy atom. The zero-order valence-electron chi connectivity index (χ0n) is 11.4. The van der Waals surface area contributed by atoms with Gasteiger partial charge in [0.15, 0.2) is 0 Å². The quantitative estimate of drug-likeness (QED) is 0.829. The van der Waals surface area contributed by atoms with Crippen LogP contribution in [0.5, 0.6) is 5.75 Å². The molecule has 0 aliphatic carbocycles. The van der Waals surface area contributed by atoms with E-state index < -0.39 is 11.9 Å². The van der Waals surface area contributed by atoms with Crippen LogP contribution in [0.25, 0.3) is 0 Å². The average Bonchev–Trinajstić information content (AvgIpc) is 2.48. The molecular weight excluding hydrogens is 260 g/mol. The van der Waals surface area contributed by atoms with Gasteiger partial charge < -0.3 is 19.6 Å².